The summed E-state index contributed by atoms with van der Waals surface area (Å²) in [5.41, 5.74) is 1.18. The summed E-state index contributed by atoms with van der Waals surface area (Å²) >= 11 is 0. The predicted molar refractivity (Wildman–Crippen MR) is 216 cm³/mol. The molecule has 11 atom stereocenters. The van der Waals surface area contributed by atoms with Gasteiger partial charge in [-0.2, -0.15) is 0 Å². The maximum atomic E-state index is 14.6. The maximum Gasteiger partial charge on any atom is 0.306 e. The lowest BCUT2D eigenvalue weighted by molar-refractivity contribution is -0.250. The Kier molecular flexibility index (Phi) is 11.0. The van der Waals surface area contributed by atoms with E-state index < -0.39 is 11.4 Å². The van der Waals surface area contributed by atoms with Crippen molar-refractivity contribution >= 4 is 17.8 Å². The fourth-order valence-corrected chi connectivity index (χ4v) is 15.7. The number of carboxylic acids is 1. The van der Waals surface area contributed by atoms with Gasteiger partial charge in [-0.25, -0.2) is 0 Å². The Morgan fingerprint density at radius 3 is 2.25 bits per heavy atom. The molecule has 7 aliphatic rings. The first-order valence-corrected chi connectivity index (χ1v) is 22.4. The van der Waals surface area contributed by atoms with Gasteiger partial charge in [0.25, 0.3) is 0 Å². The van der Waals surface area contributed by atoms with Crippen LogP contribution in [-0.2, 0) is 23.9 Å². The van der Waals surface area contributed by atoms with Crippen LogP contribution in [0.15, 0.2) is 12.2 Å². The number of allylic oxidation sites excluding steroid dienone is 1. The molecule has 0 radical (unpaired) electrons. The number of carbonyl (C=O) groups is 3. The molecule has 1 N–H and O–H groups in total. The van der Waals surface area contributed by atoms with Gasteiger partial charge >= 0.3 is 11.9 Å². The van der Waals surface area contributed by atoms with Gasteiger partial charge in [0, 0.05) is 44.1 Å². The third-order valence-electron chi connectivity index (χ3n) is 18.5. The monoisotopic (exact) mass is 765 g/mol. The highest BCUT2D eigenvalue weighted by atomic mass is 16.5. The number of carbonyl (C=O) groups excluding carboxylic acids is 2. The van der Waals surface area contributed by atoms with Crippen molar-refractivity contribution in [1.29, 1.82) is 0 Å². The Labute approximate surface area is 333 Å². The number of hydrogen-bond acceptors (Lipinski definition) is 6. The molecule has 7 rings (SSSR count). The van der Waals surface area contributed by atoms with Gasteiger partial charge in [-0.05, 0) is 141 Å². The topological polar surface area (TPSA) is 96.4 Å². The summed E-state index contributed by atoms with van der Waals surface area (Å²) in [6, 6.07) is 0.338. The van der Waals surface area contributed by atoms with Crippen LogP contribution in [0.2, 0.25) is 0 Å². The summed E-state index contributed by atoms with van der Waals surface area (Å²) < 4.78 is 11.9. The Morgan fingerprint density at radius 1 is 0.836 bits per heavy atom. The van der Waals surface area contributed by atoms with Gasteiger partial charge in [0.15, 0.2) is 0 Å². The largest absolute Gasteiger partial charge is 0.481 e. The van der Waals surface area contributed by atoms with Crippen molar-refractivity contribution in [3.63, 3.8) is 0 Å². The van der Waals surface area contributed by atoms with Crippen molar-refractivity contribution in [1.82, 2.24) is 9.80 Å². The summed E-state index contributed by atoms with van der Waals surface area (Å²) in [4.78, 5) is 44.1. The zero-order chi connectivity index (χ0) is 39.8. The molecule has 1 amide bonds. The molecule has 310 valence electrons. The summed E-state index contributed by atoms with van der Waals surface area (Å²) in [6.07, 6.45) is 14.4. The van der Waals surface area contributed by atoms with Crippen molar-refractivity contribution < 1.29 is 29.0 Å². The van der Waals surface area contributed by atoms with E-state index in [4.69, 9.17) is 9.47 Å². The van der Waals surface area contributed by atoms with Crippen molar-refractivity contribution in [2.45, 2.75) is 164 Å². The molecule has 5 aliphatic carbocycles. The molecular formula is C47H76N2O6. The molecule has 55 heavy (non-hydrogen) atoms. The van der Waals surface area contributed by atoms with Crippen LogP contribution in [0.5, 0.6) is 0 Å². The lowest BCUT2D eigenvalue weighted by Gasteiger charge is -2.73. The van der Waals surface area contributed by atoms with E-state index >= 15 is 0 Å². The number of ether oxygens (including phenoxy) is 2. The molecule has 0 aromatic carbocycles. The molecule has 0 aromatic rings. The van der Waals surface area contributed by atoms with Gasteiger partial charge in [0.1, 0.15) is 6.10 Å². The van der Waals surface area contributed by atoms with Crippen LogP contribution in [0.3, 0.4) is 0 Å². The number of hydrogen-bond donors (Lipinski definition) is 1. The minimum atomic E-state index is -0.879. The number of rotatable bonds is 10. The normalized spacial score (nSPS) is 42.8. The molecule has 2 saturated heterocycles. The number of carboxylic acid groups (broad SMARTS) is 1. The van der Waals surface area contributed by atoms with Crippen LogP contribution in [0, 0.1) is 62.1 Å². The third-order valence-corrected chi connectivity index (χ3v) is 18.5. The van der Waals surface area contributed by atoms with Crippen molar-refractivity contribution in [3.05, 3.63) is 12.2 Å². The van der Waals surface area contributed by atoms with Gasteiger partial charge in [0.05, 0.1) is 26.1 Å². The molecule has 0 bridgehead atoms. The van der Waals surface area contributed by atoms with E-state index in [1.54, 1.807) is 0 Å². The standard InChI is InChI=1S/C47H76N2O6/c1-31(2)33-14-19-47(27-38(50)49-22-10-11-32(49)30-48-23-25-54-26-24-48)21-20-45(8)34(41(33)47)12-13-36-44(7)17-16-37(43(5,6)35(44)15-18-46(36,45)9)55-40(53)29-42(3,4)28-39(51)52/h32-37,41H,1,10-30H2,2-9H3,(H,51,52)/t32-,33-,34+,35-,36+,37-,41+,44-,45+,46+,47+/m0/s1. The molecular weight excluding hydrogens is 689 g/mol. The van der Waals surface area contributed by atoms with Crippen LogP contribution in [0.25, 0.3) is 0 Å². The number of esters is 1. The molecule has 0 aromatic heterocycles. The van der Waals surface area contributed by atoms with Crippen molar-refractivity contribution in [3.8, 4) is 0 Å². The van der Waals surface area contributed by atoms with E-state index in [2.05, 4.69) is 57.9 Å². The molecule has 0 unspecified atom stereocenters. The molecule has 7 fully saturated rings. The second-order valence-electron chi connectivity index (χ2n) is 22.3. The van der Waals surface area contributed by atoms with Gasteiger partial charge in [-0.15, -0.1) is 0 Å². The van der Waals surface area contributed by atoms with Crippen LogP contribution in [0.4, 0.5) is 0 Å². The smallest absolute Gasteiger partial charge is 0.306 e. The van der Waals surface area contributed by atoms with Crippen LogP contribution < -0.4 is 0 Å². The van der Waals surface area contributed by atoms with Crippen molar-refractivity contribution in [2.75, 3.05) is 39.4 Å². The van der Waals surface area contributed by atoms with Gasteiger partial charge in [-0.1, -0.05) is 60.6 Å². The lowest BCUT2D eigenvalue weighted by atomic mass is 9.32. The Bertz CT molecular complexity index is 1500. The Hall–Kier alpha value is -1.93. The highest BCUT2D eigenvalue weighted by Gasteiger charge is 2.71. The summed E-state index contributed by atoms with van der Waals surface area (Å²) in [7, 11) is 0. The predicted octanol–water partition coefficient (Wildman–Crippen LogP) is 9.16. The number of aliphatic carboxylic acids is 1. The molecule has 5 saturated carbocycles. The Morgan fingerprint density at radius 2 is 1.56 bits per heavy atom. The highest BCUT2D eigenvalue weighted by Crippen LogP contribution is 2.78. The number of fused-ring (bicyclic) bond motifs is 7. The zero-order valence-electron chi connectivity index (χ0n) is 36.0. The van der Waals surface area contributed by atoms with Gasteiger partial charge < -0.3 is 19.5 Å². The minimum absolute atomic E-state index is 0.0451. The summed E-state index contributed by atoms with van der Waals surface area (Å²) in [6.45, 7) is 28.7. The van der Waals surface area contributed by atoms with E-state index in [-0.39, 0.29) is 52.0 Å². The zero-order valence-corrected chi connectivity index (χ0v) is 36.0. The second kappa shape index (κ2) is 14.7. The Balaban J connectivity index is 1.09. The number of nitrogens with zero attached hydrogens (tertiary/aromatic N) is 2. The van der Waals surface area contributed by atoms with E-state index in [1.165, 1.54) is 37.7 Å². The minimum Gasteiger partial charge on any atom is -0.481 e. The molecule has 8 heteroatoms. The maximum absolute atomic E-state index is 14.6. The second-order valence-corrected chi connectivity index (χ2v) is 22.3. The number of likely N-dealkylation sites (tertiary alicyclic amines) is 1. The first-order chi connectivity index (χ1) is 25.8. The van der Waals surface area contributed by atoms with E-state index in [9.17, 15) is 19.5 Å². The van der Waals surface area contributed by atoms with Crippen LogP contribution in [0.1, 0.15) is 152 Å². The summed E-state index contributed by atoms with van der Waals surface area (Å²) in [5.74, 6) is 1.96. The highest BCUT2D eigenvalue weighted by molar-refractivity contribution is 5.78. The average Bonchev–Trinajstić information content (AvgIpc) is 3.71. The van der Waals surface area contributed by atoms with Crippen LogP contribution >= 0.6 is 0 Å². The van der Waals surface area contributed by atoms with Crippen LogP contribution in [-0.4, -0.2) is 84.3 Å². The SMILES string of the molecule is C=C(C)[C@@H]1CC[C@]2(CC(=O)N3CCC[C@H]3CN3CCOCC3)CC[C@]3(C)[C@H](CC[C@@H]4[C@@]5(C)CC[C@H](OC(=O)CC(C)(C)CC(=O)O)C(C)(C)[C@@H]5CC[C@]43C)[C@@H]12. The third kappa shape index (κ3) is 7.05. The fraction of sp³-hybridized carbons (Fsp3) is 0.894. The number of amides is 1. The van der Waals surface area contributed by atoms with E-state index in [0.29, 0.717) is 41.5 Å². The van der Waals surface area contributed by atoms with Gasteiger partial charge in [-0.3, -0.25) is 19.3 Å². The van der Waals surface area contributed by atoms with Crippen molar-refractivity contribution in [2.24, 2.45) is 62.1 Å². The lowest BCUT2D eigenvalue weighted by Crippen LogP contribution is -2.67. The van der Waals surface area contributed by atoms with E-state index in [0.717, 1.165) is 90.8 Å². The molecule has 2 aliphatic heterocycles. The molecule has 8 nitrogen and oxygen atoms in total. The van der Waals surface area contributed by atoms with E-state index in [1.807, 2.05) is 13.8 Å². The summed E-state index contributed by atoms with van der Waals surface area (Å²) in [5, 5.41) is 9.38. The first-order valence-electron chi connectivity index (χ1n) is 22.4. The van der Waals surface area contributed by atoms with Gasteiger partial charge in [0.2, 0.25) is 5.91 Å². The molecule has 2 heterocycles. The molecule has 0 spiro atoms. The quantitative estimate of drug-likeness (QED) is 0.175. The fourth-order valence-electron chi connectivity index (χ4n) is 15.7. The average molecular weight is 765 g/mol. The number of morpholine rings is 1. The first kappa shape index (κ1) is 41.2.